The van der Waals surface area contributed by atoms with E-state index in [-0.39, 0.29) is 5.78 Å². The van der Waals surface area contributed by atoms with Crippen LogP contribution >= 0.6 is 27.5 Å². The van der Waals surface area contributed by atoms with E-state index < -0.39 is 0 Å². The molecule has 2 rings (SSSR count). The van der Waals surface area contributed by atoms with Gasteiger partial charge in [0.25, 0.3) is 0 Å². The summed E-state index contributed by atoms with van der Waals surface area (Å²) in [5, 5.41) is 0.653. The summed E-state index contributed by atoms with van der Waals surface area (Å²) in [5.41, 5.74) is 0.751. The number of carbonyl (C=O) groups excluding carboxylic acids is 1. The molecule has 14 heavy (non-hydrogen) atoms. The molecule has 0 aliphatic heterocycles. The summed E-state index contributed by atoms with van der Waals surface area (Å²) in [6.45, 7) is 0. The minimum atomic E-state index is 0.219. The Bertz CT molecular complexity index is 372. The van der Waals surface area contributed by atoms with E-state index >= 15 is 0 Å². The van der Waals surface area contributed by atoms with E-state index in [4.69, 9.17) is 11.6 Å². The Labute approximate surface area is 96.6 Å². The first-order valence-electron chi connectivity index (χ1n) is 4.65. The molecule has 0 heterocycles. The van der Waals surface area contributed by atoms with Crippen LogP contribution in [0, 0.1) is 5.92 Å². The average molecular weight is 274 g/mol. The molecule has 1 nitrogen and oxygen atoms in total. The van der Waals surface area contributed by atoms with Crippen LogP contribution in [-0.4, -0.2) is 5.78 Å². The van der Waals surface area contributed by atoms with Crippen LogP contribution in [0.25, 0.3) is 0 Å². The first-order chi connectivity index (χ1) is 6.66. The molecule has 0 aromatic heterocycles. The van der Waals surface area contributed by atoms with E-state index in [1.165, 1.54) is 12.8 Å². The summed E-state index contributed by atoms with van der Waals surface area (Å²) >= 11 is 9.15. The smallest absolute Gasteiger partial charge is 0.164 e. The summed E-state index contributed by atoms with van der Waals surface area (Å²) in [6, 6.07) is 5.31. The second kappa shape index (κ2) is 4.03. The van der Waals surface area contributed by atoms with Crippen molar-refractivity contribution >= 4 is 33.3 Å². The maximum Gasteiger partial charge on any atom is 0.164 e. The topological polar surface area (TPSA) is 17.1 Å². The summed E-state index contributed by atoms with van der Waals surface area (Å²) in [7, 11) is 0. The highest BCUT2D eigenvalue weighted by atomic mass is 79.9. The van der Waals surface area contributed by atoms with Crippen molar-refractivity contribution < 1.29 is 4.79 Å². The summed E-state index contributed by atoms with van der Waals surface area (Å²) in [6.07, 6.45) is 3.09. The fourth-order valence-corrected chi connectivity index (χ4v) is 2.31. The summed E-state index contributed by atoms with van der Waals surface area (Å²) < 4.78 is 0.802. The lowest BCUT2D eigenvalue weighted by atomic mass is 10.1. The molecule has 74 valence electrons. The van der Waals surface area contributed by atoms with Crippen LogP contribution in [0.2, 0.25) is 5.02 Å². The molecule has 0 saturated heterocycles. The fraction of sp³-hybridized carbons (Fsp3) is 0.364. The number of rotatable bonds is 3. The Balaban J connectivity index is 2.17. The van der Waals surface area contributed by atoms with Crippen LogP contribution in [0.5, 0.6) is 0 Å². The molecule has 0 spiro atoms. The van der Waals surface area contributed by atoms with E-state index in [1.807, 2.05) is 0 Å². The van der Waals surface area contributed by atoms with Gasteiger partial charge in [0, 0.05) is 21.5 Å². The van der Waals surface area contributed by atoms with Gasteiger partial charge in [-0.15, -0.1) is 0 Å². The monoisotopic (exact) mass is 272 g/mol. The number of hydrogen-bond acceptors (Lipinski definition) is 1. The summed E-state index contributed by atoms with van der Waals surface area (Å²) in [4.78, 5) is 11.8. The van der Waals surface area contributed by atoms with Crippen molar-refractivity contribution in [2.45, 2.75) is 19.3 Å². The van der Waals surface area contributed by atoms with Gasteiger partial charge < -0.3 is 0 Å². The Morgan fingerprint density at radius 2 is 2.21 bits per heavy atom. The third-order valence-corrected chi connectivity index (χ3v) is 3.29. The average Bonchev–Trinajstić information content (AvgIpc) is 2.87. The Hall–Kier alpha value is -0.340. The van der Waals surface area contributed by atoms with Gasteiger partial charge in [-0.05, 0) is 52.9 Å². The third kappa shape index (κ3) is 2.37. The molecule has 0 atom stereocenters. The molecule has 1 aliphatic carbocycles. The van der Waals surface area contributed by atoms with Gasteiger partial charge in [-0.25, -0.2) is 0 Å². The SMILES string of the molecule is O=C(CC1CC1)c1ccc(Cl)cc1Br. The predicted octanol–water partition coefficient (Wildman–Crippen LogP) is 4.09. The molecule has 0 unspecified atom stereocenters. The number of carbonyl (C=O) groups is 1. The van der Waals surface area contributed by atoms with E-state index in [9.17, 15) is 4.79 Å². The zero-order valence-corrected chi connectivity index (χ0v) is 9.94. The maximum atomic E-state index is 11.8. The van der Waals surface area contributed by atoms with Crippen LogP contribution in [0.1, 0.15) is 29.6 Å². The van der Waals surface area contributed by atoms with Crippen molar-refractivity contribution in [2.75, 3.05) is 0 Å². The summed E-state index contributed by atoms with van der Waals surface area (Å²) in [5.74, 6) is 0.848. The first kappa shape index (κ1) is 10.2. The standard InChI is InChI=1S/C11H10BrClO/c12-10-6-8(13)3-4-9(10)11(14)5-7-1-2-7/h3-4,6-7H,1-2,5H2. The van der Waals surface area contributed by atoms with Gasteiger partial charge in [0.05, 0.1) is 0 Å². The first-order valence-corrected chi connectivity index (χ1v) is 5.82. The Morgan fingerprint density at radius 1 is 1.50 bits per heavy atom. The van der Waals surface area contributed by atoms with Gasteiger partial charge in [-0.1, -0.05) is 11.6 Å². The molecule has 1 fully saturated rings. The fourth-order valence-electron chi connectivity index (χ4n) is 1.41. The highest BCUT2D eigenvalue weighted by molar-refractivity contribution is 9.10. The highest BCUT2D eigenvalue weighted by Crippen LogP contribution is 2.34. The Morgan fingerprint density at radius 3 is 2.79 bits per heavy atom. The number of Topliss-reactive ketones (excluding diaryl/α,β-unsaturated/α-hetero) is 1. The lowest BCUT2D eigenvalue weighted by Gasteiger charge is -2.02. The van der Waals surface area contributed by atoms with Gasteiger partial charge in [-0.2, -0.15) is 0 Å². The lowest BCUT2D eigenvalue weighted by Crippen LogP contribution is -2.00. The van der Waals surface area contributed by atoms with Crippen molar-refractivity contribution in [3.8, 4) is 0 Å². The second-order valence-corrected chi connectivity index (χ2v) is 4.99. The lowest BCUT2D eigenvalue weighted by molar-refractivity contribution is 0.0975. The van der Waals surface area contributed by atoms with Crippen LogP contribution in [0.4, 0.5) is 0 Å². The van der Waals surface area contributed by atoms with E-state index in [0.717, 1.165) is 10.0 Å². The molecule has 0 bridgehead atoms. The zero-order valence-electron chi connectivity index (χ0n) is 7.59. The van der Waals surface area contributed by atoms with Crippen LogP contribution < -0.4 is 0 Å². The third-order valence-electron chi connectivity index (χ3n) is 2.40. The largest absolute Gasteiger partial charge is 0.294 e. The van der Waals surface area contributed by atoms with Crippen molar-refractivity contribution in [1.29, 1.82) is 0 Å². The molecular formula is C11H10BrClO. The molecule has 0 radical (unpaired) electrons. The normalized spacial score (nSPS) is 15.6. The molecule has 3 heteroatoms. The second-order valence-electron chi connectivity index (χ2n) is 3.69. The van der Waals surface area contributed by atoms with Crippen LogP contribution in [0.3, 0.4) is 0 Å². The number of hydrogen-bond donors (Lipinski definition) is 0. The number of benzene rings is 1. The van der Waals surface area contributed by atoms with Crippen LogP contribution in [0.15, 0.2) is 22.7 Å². The quantitative estimate of drug-likeness (QED) is 0.758. The van der Waals surface area contributed by atoms with E-state index in [2.05, 4.69) is 15.9 Å². The maximum absolute atomic E-state index is 11.8. The molecule has 1 aromatic carbocycles. The molecule has 1 aromatic rings. The van der Waals surface area contributed by atoms with Gasteiger partial charge >= 0.3 is 0 Å². The van der Waals surface area contributed by atoms with E-state index in [1.54, 1.807) is 18.2 Å². The highest BCUT2D eigenvalue weighted by Gasteiger charge is 2.25. The predicted molar refractivity (Wildman–Crippen MR) is 60.8 cm³/mol. The van der Waals surface area contributed by atoms with Crippen molar-refractivity contribution in [2.24, 2.45) is 5.92 Å². The molecule has 1 saturated carbocycles. The molecule has 0 amide bonds. The van der Waals surface area contributed by atoms with Gasteiger partial charge in [0.2, 0.25) is 0 Å². The van der Waals surface area contributed by atoms with Crippen molar-refractivity contribution in [3.63, 3.8) is 0 Å². The zero-order chi connectivity index (χ0) is 10.1. The minimum Gasteiger partial charge on any atom is -0.294 e. The number of ketones is 1. The Kier molecular flexibility index (Phi) is 2.93. The molecular weight excluding hydrogens is 263 g/mol. The number of halogens is 2. The molecule has 1 aliphatic rings. The van der Waals surface area contributed by atoms with Gasteiger partial charge in [0.1, 0.15) is 0 Å². The molecule has 0 N–H and O–H groups in total. The van der Waals surface area contributed by atoms with Crippen molar-refractivity contribution in [1.82, 2.24) is 0 Å². The van der Waals surface area contributed by atoms with Gasteiger partial charge in [-0.3, -0.25) is 4.79 Å². The van der Waals surface area contributed by atoms with Gasteiger partial charge in [0.15, 0.2) is 5.78 Å². The van der Waals surface area contributed by atoms with Crippen molar-refractivity contribution in [3.05, 3.63) is 33.3 Å². The van der Waals surface area contributed by atoms with E-state index in [0.29, 0.717) is 17.4 Å². The minimum absolute atomic E-state index is 0.219. The van der Waals surface area contributed by atoms with Crippen LogP contribution in [-0.2, 0) is 0 Å².